The Morgan fingerprint density at radius 3 is 3.05 bits per heavy atom. The van der Waals surface area contributed by atoms with Crippen LogP contribution in [0.5, 0.6) is 0 Å². The number of nitrogens with two attached hydrogens (primary N) is 1. The molecule has 0 aliphatic carbocycles. The maximum absolute atomic E-state index is 11.7. The lowest BCUT2D eigenvalue weighted by atomic mass is 10.2. The van der Waals surface area contributed by atoms with Crippen LogP contribution in [-0.2, 0) is 6.42 Å². The molecule has 7 heteroatoms. The van der Waals surface area contributed by atoms with Crippen LogP contribution in [-0.4, -0.2) is 15.9 Å². The first-order chi connectivity index (χ1) is 9.69. The quantitative estimate of drug-likeness (QED) is 0.544. The summed E-state index contributed by atoms with van der Waals surface area (Å²) >= 11 is 0. The molecule has 0 aliphatic rings. The fraction of sp³-hybridized carbons (Fsp3) is 0.154. The van der Waals surface area contributed by atoms with E-state index in [-0.39, 0.29) is 11.7 Å². The summed E-state index contributed by atoms with van der Waals surface area (Å²) in [6.07, 6.45) is 4.71. The highest BCUT2D eigenvalue weighted by atomic mass is 16.3. The number of hydrogen-bond acceptors (Lipinski definition) is 6. The van der Waals surface area contributed by atoms with Crippen molar-refractivity contribution in [3.63, 3.8) is 0 Å². The van der Waals surface area contributed by atoms with Crippen molar-refractivity contribution in [2.24, 2.45) is 0 Å². The van der Waals surface area contributed by atoms with Crippen molar-refractivity contribution in [2.45, 2.75) is 12.8 Å². The van der Waals surface area contributed by atoms with E-state index in [9.17, 15) is 4.79 Å². The second-order valence-electron chi connectivity index (χ2n) is 3.99. The molecular formula is C13H15N5O2. The van der Waals surface area contributed by atoms with Crippen molar-refractivity contribution in [1.82, 2.24) is 15.4 Å². The first-order valence-corrected chi connectivity index (χ1v) is 6.03. The minimum Gasteiger partial charge on any atom is -0.459 e. The number of hydrazine groups is 1. The molecule has 0 spiro atoms. The van der Waals surface area contributed by atoms with Gasteiger partial charge in [0.05, 0.1) is 6.26 Å². The fourth-order valence-corrected chi connectivity index (χ4v) is 1.55. The van der Waals surface area contributed by atoms with Gasteiger partial charge < -0.3 is 10.2 Å². The van der Waals surface area contributed by atoms with Gasteiger partial charge in [-0.25, -0.2) is 4.98 Å². The van der Waals surface area contributed by atoms with Crippen molar-refractivity contribution in [3.05, 3.63) is 48.6 Å². The molecule has 0 radical (unpaired) electrons. The summed E-state index contributed by atoms with van der Waals surface area (Å²) in [7, 11) is 0. The Bertz CT molecular complexity index is 595. The Kier molecular flexibility index (Phi) is 4.33. The molecule has 20 heavy (non-hydrogen) atoms. The molecule has 0 saturated heterocycles. The lowest BCUT2D eigenvalue weighted by Gasteiger charge is -2.08. The number of aryl methyl sites for hydroxylation is 1. The van der Waals surface area contributed by atoms with E-state index >= 15 is 0 Å². The zero-order valence-corrected chi connectivity index (χ0v) is 10.8. The number of nitrogen functional groups attached to an aromatic ring is 1. The maximum atomic E-state index is 11.7. The number of nitrogens with one attached hydrogen (secondary N) is 2. The zero-order valence-electron chi connectivity index (χ0n) is 10.8. The lowest BCUT2D eigenvalue weighted by molar-refractivity contribution is 0.0935. The number of allylic oxidation sites excluding steroid dienone is 1. The average Bonchev–Trinajstić information content (AvgIpc) is 2.96. The first kappa shape index (κ1) is 13.6. The Hall–Kier alpha value is -2.83. The topological polar surface area (TPSA) is 106 Å². The molecule has 2 heterocycles. The highest BCUT2D eigenvalue weighted by molar-refractivity contribution is 5.92. The minimum absolute atomic E-state index is 0.140. The van der Waals surface area contributed by atoms with Gasteiger partial charge in [0, 0.05) is 11.8 Å². The SMILES string of the molecule is C=CCCc1cc(NNC(=O)c2ccco2)nc(N)n1. The highest BCUT2D eigenvalue weighted by Crippen LogP contribution is 2.09. The van der Waals surface area contributed by atoms with Gasteiger partial charge in [0.2, 0.25) is 5.95 Å². The predicted molar refractivity (Wildman–Crippen MR) is 74.8 cm³/mol. The van der Waals surface area contributed by atoms with Crippen LogP contribution in [0.25, 0.3) is 0 Å². The van der Waals surface area contributed by atoms with Crippen LogP contribution in [0.15, 0.2) is 41.5 Å². The minimum atomic E-state index is -0.403. The fourth-order valence-electron chi connectivity index (χ4n) is 1.55. The van der Waals surface area contributed by atoms with Gasteiger partial charge in [-0.3, -0.25) is 15.6 Å². The number of furan rings is 1. The average molecular weight is 273 g/mol. The first-order valence-electron chi connectivity index (χ1n) is 6.03. The second-order valence-corrected chi connectivity index (χ2v) is 3.99. The Balaban J connectivity index is 2.00. The molecule has 0 aliphatic heterocycles. The van der Waals surface area contributed by atoms with Gasteiger partial charge in [-0.05, 0) is 25.0 Å². The van der Waals surface area contributed by atoms with E-state index in [1.165, 1.54) is 6.26 Å². The molecule has 2 aromatic rings. The third-order valence-electron chi connectivity index (χ3n) is 2.45. The summed E-state index contributed by atoms with van der Waals surface area (Å²) in [5.41, 5.74) is 11.5. The summed E-state index contributed by atoms with van der Waals surface area (Å²) in [5, 5.41) is 0. The second kappa shape index (κ2) is 6.37. The molecule has 4 N–H and O–H groups in total. The molecule has 0 fully saturated rings. The molecular weight excluding hydrogens is 258 g/mol. The molecule has 0 bridgehead atoms. The summed E-state index contributed by atoms with van der Waals surface area (Å²) in [6.45, 7) is 3.65. The number of anilines is 2. The molecule has 0 aromatic carbocycles. The predicted octanol–water partition coefficient (Wildman–Crippen LogP) is 1.53. The van der Waals surface area contributed by atoms with Crippen LogP contribution in [0.3, 0.4) is 0 Å². The normalized spacial score (nSPS) is 10.0. The van der Waals surface area contributed by atoms with Crippen LogP contribution in [0.4, 0.5) is 11.8 Å². The van der Waals surface area contributed by atoms with Gasteiger partial charge in [-0.1, -0.05) is 6.08 Å². The van der Waals surface area contributed by atoms with Gasteiger partial charge in [0.1, 0.15) is 5.82 Å². The van der Waals surface area contributed by atoms with Crippen molar-refractivity contribution < 1.29 is 9.21 Å². The molecule has 0 saturated carbocycles. The number of carbonyl (C=O) groups excluding carboxylic acids is 1. The molecule has 104 valence electrons. The van der Waals surface area contributed by atoms with E-state index in [1.807, 2.05) is 0 Å². The Morgan fingerprint density at radius 2 is 2.35 bits per heavy atom. The molecule has 1 amide bonds. The van der Waals surface area contributed by atoms with Crippen LogP contribution in [0.1, 0.15) is 22.7 Å². The van der Waals surface area contributed by atoms with Gasteiger partial charge in [0.25, 0.3) is 0 Å². The van der Waals surface area contributed by atoms with Gasteiger partial charge >= 0.3 is 5.91 Å². The summed E-state index contributed by atoms with van der Waals surface area (Å²) in [6, 6.07) is 4.90. The Morgan fingerprint density at radius 1 is 1.50 bits per heavy atom. The highest BCUT2D eigenvalue weighted by Gasteiger charge is 2.08. The van der Waals surface area contributed by atoms with Crippen molar-refractivity contribution in [1.29, 1.82) is 0 Å². The van der Waals surface area contributed by atoms with Gasteiger partial charge in [-0.15, -0.1) is 6.58 Å². The third-order valence-corrected chi connectivity index (χ3v) is 2.45. The van der Waals surface area contributed by atoms with E-state index in [4.69, 9.17) is 10.2 Å². The van der Waals surface area contributed by atoms with Gasteiger partial charge in [0.15, 0.2) is 5.76 Å². The van der Waals surface area contributed by atoms with E-state index in [0.717, 1.165) is 12.1 Å². The number of hydrogen-bond donors (Lipinski definition) is 3. The van der Waals surface area contributed by atoms with Crippen LogP contribution in [0.2, 0.25) is 0 Å². The summed E-state index contributed by atoms with van der Waals surface area (Å²) < 4.78 is 4.96. The van der Waals surface area contributed by atoms with E-state index in [1.54, 1.807) is 24.3 Å². The Labute approximate surface area is 115 Å². The van der Waals surface area contributed by atoms with E-state index in [2.05, 4.69) is 27.4 Å². The number of nitrogens with zero attached hydrogens (tertiary/aromatic N) is 2. The molecule has 7 nitrogen and oxygen atoms in total. The van der Waals surface area contributed by atoms with Gasteiger partial charge in [-0.2, -0.15) is 4.98 Å². The largest absolute Gasteiger partial charge is 0.459 e. The standard InChI is InChI=1S/C13H15N5O2/c1-2-3-5-9-8-11(16-13(14)15-9)17-18-12(19)10-6-4-7-20-10/h2,4,6-8H,1,3,5H2,(H,18,19)(H3,14,15,16,17). The van der Waals surface area contributed by atoms with E-state index in [0.29, 0.717) is 12.2 Å². The molecule has 2 rings (SSSR count). The number of aromatic nitrogens is 2. The molecule has 0 atom stereocenters. The molecule has 2 aromatic heterocycles. The van der Waals surface area contributed by atoms with E-state index < -0.39 is 5.91 Å². The lowest BCUT2D eigenvalue weighted by Crippen LogP contribution is -2.29. The monoisotopic (exact) mass is 273 g/mol. The van der Waals surface area contributed by atoms with Crippen molar-refractivity contribution >= 4 is 17.7 Å². The maximum Gasteiger partial charge on any atom is 0.305 e. The zero-order chi connectivity index (χ0) is 14.4. The van der Waals surface area contributed by atoms with Crippen molar-refractivity contribution in [3.8, 4) is 0 Å². The third kappa shape index (κ3) is 3.58. The summed E-state index contributed by atoms with van der Waals surface area (Å²) in [5.74, 6) is 0.351. The number of carbonyl (C=O) groups is 1. The summed E-state index contributed by atoms with van der Waals surface area (Å²) in [4.78, 5) is 19.7. The van der Waals surface area contributed by atoms with Crippen LogP contribution in [0, 0.1) is 0 Å². The smallest absolute Gasteiger partial charge is 0.305 e. The van der Waals surface area contributed by atoms with Crippen LogP contribution < -0.4 is 16.6 Å². The number of rotatable bonds is 6. The molecule has 0 unspecified atom stereocenters. The number of amides is 1. The van der Waals surface area contributed by atoms with Crippen molar-refractivity contribution in [2.75, 3.05) is 11.2 Å². The van der Waals surface area contributed by atoms with Crippen LogP contribution >= 0.6 is 0 Å².